The maximum absolute atomic E-state index is 13.2. The summed E-state index contributed by atoms with van der Waals surface area (Å²) < 4.78 is 23.9. The second kappa shape index (κ2) is 8.69. The van der Waals surface area contributed by atoms with Crippen molar-refractivity contribution in [3.8, 4) is 11.5 Å². The van der Waals surface area contributed by atoms with Crippen molar-refractivity contribution in [3.63, 3.8) is 0 Å². The zero-order chi connectivity index (χ0) is 16.9. The van der Waals surface area contributed by atoms with Crippen LogP contribution in [0.2, 0.25) is 0 Å². The fourth-order valence-corrected chi connectivity index (χ4v) is 2.55. The molecule has 0 aliphatic carbocycles. The van der Waals surface area contributed by atoms with Gasteiger partial charge >= 0.3 is 0 Å². The van der Waals surface area contributed by atoms with Crippen LogP contribution in [0, 0.1) is 5.82 Å². The highest BCUT2D eigenvalue weighted by Crippen LogP contribution is 2.33. The van der Waals surface area contributed by atoms with E-state index in [0.29, 0.717) is 43.1 Å². The SMILES string of the molecule is Cl.NCCCC(=O)N(Cc1ccc2c(c1)OCO2)c1ccc(F)cc1. The van der Waals surface area contributed by atoms with Gasteiger partial charge in [-0.25, -0.2) is 4.39 Å². The molecule has 0 saturated heterocycles. The Kier molecular flexibility index (Phi) is 6.61. The number of carbonyl (C=O) groups excluding carboxylic acids is 1. The smallest absolute Gasteiger partial charge is 0.231 e. The quantitative estimate of drug-likeness (QED) is 0.852. The van der Waals surface area contributed by atoms with Gasteiger partial charge in [-0.1, -0.05) is 6.07 Å². The van der Waals surface area contributed by atoms with Crippen molar-refractivity contribution in [1.29, 1.82) is 0 Å². The van der Waals surface area contributed by atoms with Crippen LogP contribution in [0.5, 0.6) is 11.5 Å². The van der Waals surface area contributed by atoms with Crippen molar-refractivity contribution in [3.05, 3.63) is 53.8 Å². The Bertz CT molecular complexity index is 725. The fourth-order valence-electron chi connectivity index (χ4n) is 2.55. The van der Waals surface area contributed by atoms with Crippen LogP contribution in [0.4, 0.5) is 10.1 Å². The predicted molar refractivity (Wildman–Crippen MR) is 95.7 cm³/mol. The zero-order valence-corrected chi connectivity index (χ0v) is 14.4. The summed E-state index contributed by atoms with van der Waals surface area (Å²) >= 11 is 0. The molecule has 3 rings (SSSR count). The van der Waals surface area contributed by atoms with E-state index < -0.39 is 0 Å². The molecule has 1 heterocycles. The van der Waals surface area contributed by atoms with Crippen molar-refractivity contribution >= 4 is 24.0 Å². The third-order valence-corrected chi connectivity index (χ3v) is 3.81. The lowest BCUT2D eigenvalue weighted by Gasteiger charge is -2.23. The van der Waals surface area contributed by atoms with Gasteiger partial charge in [-0.15, -0.1) is 12.4 Å². The van der Waals surface area contributed by atoms with Gasteiger partial charge in [0.05, 0.1) is 6.54 Å². The van der Waals surface area contributed by atoms with Gasteiger partial charge < -0.3 is 20.1 Å². The second-order valence-electron chi connectivity index (χ2n) is 5.54. The van der Waals surface area contributed by atoms with Crippen molar-refractivity contribution in [1.82, 2.24) is 0 Å². The summed E-state index contributed by atoms with van der Waals surface area (Å²) in [5.74, 6) is 0.975. The average Bonchev–Trinajstić information content (AvgIpc) is 3.06. The molecule has 0 radical (unpaired) electrons. The Morgan fingerprint density at radius 3 is 2.56 bits per heavy atom. The number of hydrogen-bond acceptors (Lipinski definition) is 4. The number of fused-ring (bicyclic) bond motifs is 1. The molecule has 2 aromatic rings. The molecule has 7 heteroatoms. The minimum absolute atomic E-state index is 0. The van der Waals surface area contributed by atoms with Crippen LogP contribution in [-0.4, -0.2) is 19.2 Å². The number of amides is 1. The van der Waals surface area contributed by atoms with Gasteiger partial charge in [0.25, 0.3) is 0 Å². The molecule has 0 bridgehead atoms. The standard InChI is InChI=1S/C18H19FN2O3.ClH/c19-14-4-6-15(7-5-14)21(18(22)2-1-9-20)11-13-3-8-16-17(10-13)24-12-23-16;/h3-8,10H,1-2,9,11-12,20H2;1H. The Labute approximate surface area is 151 Å². The largest absolute Gasteiger partial charge is 0.454 e. The van der Waals surface area contributed by atoms with E-state index in [4.69, 9.17) is 15.2 Å². The van der Waals surface area contributed by atoms with Crippen LogP contribution in [0.25, 0.3) is 0 Å². The summed E-state index contributed by atoms with van der Waals surface area (Å²) in [6.45, 7) is 1.02. The highest BCUT2D eigenvalue weighted by Gasteiger charge is 2.18. The van der Waals surface area contributed by atoms with Crippen molar-refractivity contribution in [2.24, 2.45) is 5.73 Å². The van der Waals surface area contributed by atoms with Gasteiger partial charge in [0.1, 0.15) is 5.82 Å². The second-order valence-corrected chi connectivity index (χ2v) is 5.54. The molecule has 2 aromatic carbocycles. The van der Waals surface area contributed by atoms with Crippen LogP contribution in [-0.2, 0) is 11.3 Å². The van der Waals surface area contributed by atoms with Gasteiger partial charge in [0.15, 0.2) is 11.5 Å². The number of rotatable bonds is 6. The molecule has 1 aliphatic rings. The van der Waals surface area contributed by atoms with E-state index in [1.807, 2.05) is 18.2 Å². The van der Waals surface area contributed by atoms with Crippen LogP contribution in [0.3, 0.4) is 0 Å². The normalized spacial score (nSPS) is 11.8. The molecule has 1 amide bonds. The van der Waals surface area contributed by atoms with Gasteiger partial charge in [-0.05, 0) is 54.9 Å². The highest BCUT2D eigenvalue weighted by atomic mass is 35.5. The van der Waals surface area contributed by atoms with Crippen LogP contribution < -0.4 is 20.1 Å². The number of benzene rings is 2. The number of carbonyl (C=O) groups is 1. The number of hydrogen-bond donors (Lipinski definition) is 1. The monoisotopic (exact) mass is 366 g/mol. The Morgan fingerprint density at radius 2 is 1.84 bits per heavy atom. The number of nitrogens with two attached hydrogens (primary N) is 1. The summed E-state index contributed by atoms with van der Waals surface area (Å²) in [7, 11) is 0. The molecule has 0 atom stereocenters. The molecule has 1 aliphatic heterocycles. The van der Waals surface area contributed by atoms with E-state index in [0.717, 1.165) is 5.56 Å². The van der Waals surface area contributed by atoms with E-state index in [-0.39, 0.29) is 30.9 Å². The molecular formula is C18H20ClFN2O3. The lowest BCUT2D eigenvalue weighted by Crippen LogP contribution is -2.30. The zero-order valence-electron chi connectivity index (χ0n) is 13.6. The van der Waals surface area contributed by atoms with Crippen molar-refractivity contribution < 1.29 is 18.7 Å². The number of halogens is 2. The number of ether oxygens (including phenoxy) is 2. The molecule has 2 N–H and O–H groups in total. The van der Waals surface area contributed by atoms with Crippen molar-refractivity contribution in [2.45, 2.75) is 19.4 Å². The Morgan fingerprint density at radius 1 is 1.12 bits per heavy atom. The molecular weight excluding hydrogens is 347 g/mol. The highest BCUT2D eigenvalue weighted by molar-refractivity contribution is 5.93. The van der Waals surface area contributed by atoms with Crippen LogP contribution in [0.15, 0.2) is 42.5 Å². The molecule has 0 saturated carbocycles. The topological polar surface area (TPSA) is 64.8 Å². The molecule has 5 nitrogen and oxygen atoms in total. The molecule has 0 unspecified atom stereocenters. The van der Waals surface area contributed by atoms with E-state index in [2.05, 4.69) is 0 Å². The summed E-state index contributed by atoms with van der Waals surface area (Å²) in [6, 6.07) is 11.5. The lowest BCUT2D eigenvalue weighted by molar-refractivity contribution is -0.118. The maximum Gasteiger partial charge on any atom is 0.231 e. The third-order valence-electron chi connectivity index (χ3n) is 3.81. The maximum atomic E-state index is 13.2. The molecule has 0 aromatic heterocycles. The predicted octanol–water partition coefficient (Wildman–Crippen LogP) is 3.25. The van der Waals surface area contributed by atoms with E-state index in [1.165, 1.54) is 12.1 Å². The van der Waals surface area contributed by atoms with Gasteiger partial charge in [-0.2, -0.15) is 0 Å². The fraction of sp³-hybridized carbons (Fsp3) is 0.278. The Hall–Kier alpha value is -2.31. The van der Waals surface area contributed by atoms with Gasteiger partial charge in [0.2, 0.25) is 12.7 Å². The molecule has 0 spiro atoms. The molecule has 0 fully saturated rings. The summed E-state index contributed by atoms with van der Waals surface area (Å²) in [5.41, 5.74) is 7.06. The lowest BCUT2D eigenvalue weighted by atomic mass is 10.1. The van der Waals surface area contributed by atoms with E-state index >= 15 is 0 Å². The Balaban J connectivity index is 0.00000225. The van der Waals surface area contributed by atoms with Crippen LogP contribution in [0.1, 0.15) is 18.4 Å². The molecule has 134 valence electrons. The number of anilines is 1. The minimum Gasteiger partial charge on any atom is -0.454 e. The summed E-state index contributed by atoms with van der Waals surface area (Å²) in [4.78, 5) is 14.2. The summed E-state index contributed by atoms with van der Waals surface area (Å²) in [5, 5.41) is 0. The minimum atomic E-state index is -0.337. The van der Waals surface area contributed by atoms with Crippen molar-refractivity contribution in [2.75, 3.05) is 18.2 Å². The van der Waals surface area contributed by atoms with Crippen LogP contribution >= 0.6 is 12.4 Å². The van der Waals surface area contributed by atoms with E-state index in [1.54, 1.807) is 17.0 Å². The summed E-state index contributed by atoms with van der Waals surface area (Å²) in [6.07, 6.45) is 0.954. The van der Waals surface area contributed by atoms with Gasteiger partial charge in [0, 0.05) is 12.1 Å². The first-order chi connectivity index (χ1) is 11.7. The number of nitrogens with zero attached hydrogens (tertiary/aromatic N) is 1. The average molecular weight is 367 g/mol. The third kappa shape index (κ3) is 4.61. The van der Waals surface area contributed by atoms with E-state index in [9.17, 15) is 9.18 Å². The molecule has 25 heavy (non-hydrogen) atoms. The first-order valence-electron chi connectivity index (χ1n) is 7.82. The first kappa shape index (κ1) is 19.0. The first-order valence-corrected chi connectivity index (χ1v) is 7.82. The van der Waals surface area contributed by atoms with Gasteiger partial charge in [-0.3, -0.25) is 4.79 Å².